The lowest BCUT2D eigenvalue weighted by Crippen LogP contribution is -2.18. The highest BCUT2D eigenvalue weighted by Crippen LogP contribution is 2.26. The molecule has 7 heteroatoms. The topological polar surface area (TPSA) is 80.3 Å². The molecule has 0 aliphatic carbocycles. The number of ether oxygens (including phenoxy) is 1. The van der Waals surface area contributed by atoms with Crippen molar-refractivity contribution in [3.8, 4) is 5.75 Å². The monoisotopic (exact) mass is 449 g/mol. The number of thioether (sulfide) groups is 1. The lowest BCUT2D eigenvalue weighted by Gasteiger charge is -2.14. The molecule has 0 radical (unpaired) electrons. The molecule has 166 valence electrons. The number of aryl methyl sites for hydroxylation is 3. The molecule has 0 aliphatic rings. The Labute approximate surface area is 192 Å². The van der Waals surface area contributed by atoms with Crippen LogP contribution in [-0.2, 0) is 4.79 Å². The van der Waals surface area contributed by atoms with Gasteiger partial charge in [0.25, 0.3) is 5.91 Å². The Kier molecular flexibility index (Phi) is 7.89. The summed E-state index contributed by atoms with van der Waals surface area (Å²) in [7, 11) is 0. The first-order valence-electron chi connectivity index (χ1n) is 10.4. The SMILES string of the molecule is CCOc1ccc(NC(=O)CSc2nc(C)cc(C)c2C(=O)Nc2ccccc2C)cc1. The summed E-state index contributed by atoms with van der Waals surface area (Å²) in [6, 6.07) is 16.7. The Morgan fingerprint density at radius 3 is 2.38 bits per heavy atom. The summed E-state index contributed by atoms with van der Waals surface area (Å²) in [6.45, 7) is 8.21. The summed E-state index contributed by atoms with van der Waals surface area (Å²) in [5.74, 6) is 0.473. The van der Waals surface area contributed by atoms with Gasteiger partial charge in [0.2, 0.25) is 5.91 Å². The standard InChI is InChI=1S/C25H27N3O3S/c1-5-31-20-12-10-19(11-13-20)27-22(29)15-32-25-23(17(3)14-18(4)26-25)24(30)28-21-9-7-6-8-16(21)2/h6-14H,5,15H2,1-4H3,(H,27,29)(H,28,30). The van der Waals surface area contributed by atoms with E-state index in [1.807, 2.05) is 70.2 Å². The van der Waals surface area contributed by atoms with Gasteiger partial charge in [-0.05, 0) is 75.2 Å². The zero-order valence-corrected chi connectivity index (χ0v) is 19.5. The van der Waals surface area contributed by atoms with Gasteiger partial charge in [0, 0.05) is 17.1 Å². The Balaban J connectivity index is 1.71. The second kappa shape index (κ2) is 10.8. The molecular formula is C25H27N3O3S. The fraction of sp³-hybridized carbons (Fsp3) is 0.240. The molecule has 3 rings (SSSR count). The number of benzene rings is 2. The fourth-order valence-electron chi connectivity index (χ4n) is 3.21. The number of hydrogen-bond acceptors (Lipinski definition) is 5. The van der Waals surface area contributed by atoms with Crippen molar-refractivity contribution in [3.63, 3.8) is 0 Å². The second-order valence-corrected chi connectivity index (χ2v) is 8.29. The molecule has 0 bridgehead atoms. The van der Waals surface area contributed by atoms with Crippen LogP contribution < -0.4 is 15.4 Å². The van der Waals surface area contributed by atoms with Crippen molar-refractivity contribution in [2.45, 2.75) is 32.7 Å². The van der Waals surface area contributed by atoms with Crippen molar-refractivity contribution in [2.24, 2.45) is 0 Å². The van der Waals surface area contributed by atoms with Gasteiger partial charge in [0.15, 0.2) is 0 Å². The smallest absolute Gasteiger partial charge is 0.258 e. The van der Waals surface area contributed by atoms with Crippen LogP contribution in [0.5, 0.6) is 5.75 Å². The highest BCUT2D eigenvalue weighted by atomic mass is 32.2. The van der Waals surface area contributed by atoms with Gasteiger partial charge in [-0.25, -0.2) is 4.98 Å². The molecule has 0 unspecified atom stereocenters. The highest BCUT2D eigenvalue weighted by molar-refractivity contribution is 8.00. The number of para-hydroxylation sites is 1. The van der Waals surface area contributed by atoms with E-state index in [2.05, 4.69) is 15.6 Å². The summed E-state index contributed by atoms with van der Waals surface area (Å²) in [4.78, 5) is 30.1. The zero-order valence-electron chi connectivity index (χ0n) is 18.7. The number of aromatic nitrogens is 1. The number of nitrogens with one attached hydrogen (secondary N) is 2. The Bertz CT molecular complexity index is 1110. The van der Waals surface area contributed by atoms with Crippen molar-refractivity contribution < 1.29 is 14.3 Å². The maximum absolute atomic E-state index is 13.1. The van der Waals surface area contributed by atoms with E-state index >= 15 is 0 Å². The molecule has 1 heterocycles. The zero-order chi connectivity index (χ0) is 23.1. The summed E-state index contributed by atoms with van der Waals surface area (Å²) in [5.41, 5.74) is 4.51. The van der Waals surface area contributed by atoms with Crippen molar-refractivity contribution >= 4 is 35.0 Å². The van der Waals surface area contributed by atoms with Crippen LogP contribution in [-0.4, -0.2) is 29.2 Å². The third-order valence-electron chi connectivity index (χ3n) is 4.72. The van der Waals surface area contributed by atoms with Crippen molar-refractivity contribution in [1.29, 1.82) is 0 Å². The van der Waals surface area contributed by atoms with E-state index in [-0.39, 0.29) is 17.6 Å². The van der Waals surface area contributed by atoms with Crippen LogP contribution in [0.4, 0.5) is 11.4 Å². The number of rotatable bonds is 8. The minimum absolute atomic E-state index is 0.133. The summed E-state index contributed by atoms with van der Waals surface area (Å²) in [6.07, 6.45) is 0. The van der Waals surface area contributed by atoms with Crippen LogP contribution in [0.1, 0.15) is 34.1 Å². The van der Waals surface area contributed by atoms with E-state index in [0.29, 0.717) is 22.9 Å². The molecule has 3 aromatic rings. The number of hydrogen-bond donors (Lipinski definition) is 2. The number of carbonyl (C=O) groups excluding carboxylic acids is 2. The third kappa shape index (κ3) is 6.11. The van der Waals surface area contributed by atoms with Gasteiger partial charge in [0.1, 0.15) is 10.8 Å². The van der Waals surface area contributed by atoms with Crippen LogP contribution in [0, 0.1) is 20.8 Å². The molecule has 0 saturated carbocycles. The minimum atomic E-state index is -0.237. The molecule has 2 amide bonds. The quantitative estimate of drug-likeness (QED) is 0.451. The Hall–Kier alpha value is -3.32. The molecule has 6 nitrogen and oxygen atoms in total. The maximum atomic E-state index is 13.1. The summed E-state index contributed by atoms with van der Waals surface area (Å²) >= 11 is 1.25. The lowest BCUT2D eigenvalue weighted by atomic mass is 10.1. The number of carbonyl (C=O) groups is 2. The second-order valence-electron chi connectivity index (χ2n) is 7.32. The summed E-state index contributed by atoms with van der Waals surface area (Å²) in [5, 5.41) is 6.37. The van der Waals surface area contributed by atoms with E-state index < -0.39 is 0 Å². The Morgan fingerprint density at radius 2 is 1.69 bits per heavy atom. The van der Waals surface area contributed by atoms with Gasteiger partial charge >= 0.3 is 0 Å². The molecule has 0 atom stereocenters. The van der Waals surface area contributed by atoms with Gasteiger partial charge in [-0.2, -0.15) is 0 Å². The molecule has 0 saturated heterocycles. The average Bonchev–Trinajstić information content (AvgIpc) is 2.75. The van der Waals surface area contributed by atoms with Crippen LogP contribution in [0.25, 0.3) is 0 Å². The number of pyridine rings is 1. The minimum Gasteiger partial charge on any atom is -0.494 e. The van der Waals surface area contributed by atoms with E-state index in [1.54, 1.807) is 12.1 Å². The van der Waals surface area contributed by atoms with Gasteiger partial charge in [-0.3, -0.25) is 9.59 Å². The number of nitrogens with zero attached hydrogens (tertiary/aromatic N) is 1. The van der Waals surface area contributed by atoms with Crippen LogP contribution >= 0.6 is 11.8 Å². The van der Waals surface area contributed by atoms with Gasteiger partial charge < -0.3 is 15.4 Å². The summed E-state index contributed by atoms with van der Waals surface area (Å²) < 4.78 is 5.42. The number of amides is 2. The largest absolute Gasteiger partial charge is 0.494 e. The molecule has 2 aromatic carbocycles. The van der Waals surface area contributed by atoms with Gasteiger partial charge in [-0.1, -0.05) is 30.0 Å². The van der Waals surface area contributed by atoms with Crippen molar-refractivity contribution in [2.75, 3.05) is 23.0 Å². The van der Waals surface area contributed by atoms with Crippen LogP contribution in [0.15, 0.2) is 59.6 Å². The molecule has 0 fully saturated rings. The number of anilines is 2. The molecule has 2 N–H and O–H groups in total. The highest BCUT2D eigenvalue weighted by Gasteiger charge is 2.19. The maximum Gasteiger partial charge on any atom is 0.258 e. The molecular weight excluding hydrogens is 422 g/mol. The Morgan fingerprint density at radius 1 is 0.969 bits per heavy atom. The molecule has 32 heavy (non-hydrogen) atoms. The average molecular weight is 450 g/mol. The van der Waals surface area contributed by atoms with Crippen molar-refractivity contribution in [3.05, 3.63) is 77.0 Å². The van der Waals surface area contributed by atoms with E-state index in [1.165, 1.54) is 11.8 Å². The predicted octanol–water partition coefficient (Wildman–Crippen LogP) is 5.39. The van der Waals surface area contributed by atoms with Crippen molar-refractivity contribution in [1.82, 2.24) is 4.98 Å². The molecule has 0 aliphatic heterocycles. The van der Waals surface area contributed by atoms with Gasteiger partial charge in [-0.15, -0.1) is 0 Å². The third-order valence-corrected chi connectivity index (χ3v) is 5.70. The van der Waals surface area contributed by atoms with E-state index in [0.717, 1.165) is 28.3 Å². The van der Waals surface area contributed by atoms with E-state index in [4.69, 9.17) is 4.74 Å². The van der Waals surface area contributed by atoms with Crippen LogP contribution in [0.3, 0.4) is 0 Å². The van der Waals surface area contributed by atoms with Crippen LogP contribution in [0.2, 0.25) is 0 Å². The predicted molar refractivity (Wildman–Crippen MR) is 130 cm³/mol. The molecule has 1 aromatic heterocycles. The van der Waals surface area contributed by atoms with E-state index in [9.17, 15) is 9.59 Å². The molecule has 0 spiro atoms. The first-order valence-corrected chi connectivity index (χ1v) is 11.4. The lowest BCUT2D eigenvalue weighted by molar-refractivity contribution is -0.113. The van der Waals surface area contributed by atoms with Gasteiger partial charge in [0.05, 0.1) is 17.9 Å². The fourth-order valence-corrected chi connectivity index (χ4v) is 4.16. The normalized spacial score (nSPS) is 10.5. The first-order chi connectivity index (χ1) is 15.4. The first kappa shape index (κ1) is 23.3.